The van der Waals surface area contributed by atoms with Gasteiger partial charge in [0.05, 0.1) is 0 Å². The molecule has 1 aliphatic heterocycles. The van der Waals surface area contributed by atoms with Crippen LogP contribution in [0.4, 0.5) is 0 Å². The van der Waals surface area contributed by atoms with E-state index in [-0.39, 0.29) is 5.91 Å². The minimum absolute atomic E-state index is 0.362. The van der Waals surface area contributed by atoms with Crippen molar-refractivity contribution in [2.45, 2.75) is 19.3 Å². The van der Waals surface area contributed by atoms with Crippen LogP contribution in [-0.4, -0.2) is 35.4 Å². The number of aromatic nitrogens is 1. The lowest BCUT2D eigenvalue weighted by Crippen LogP contribution is -2.23. The van der Waals surface area contributed by atoms with Crippen molar-refractivity contribution in [1.82, 2.24) is 9.88 Å². The Kier molecular flexibility index (Phi) is 3.51. The third-order valence-corrected chi connectivity index (χ3v) is 3.07. The summed E-state index contributed by atoms with van der Waals surface area (Å²) in [6.07, 6.45) is 6.78. The van der Waals surface area contributed by atoms with Crippen LogP contribution in [0.2, 0.25) is 0 Å². The molecule has 1 amide bonds. The summed E-state index contributed by atoms with van der Waals surface area (Å²) in [5.41, 5.74) is 6.88. The van der Waals surface area contributed by atoms with Crippen molar-refractivity contribution in [3.8, 4) is 0 Å². The highest BCUT2D eigenvalue weighted by molar-refractivity contribution is 5.94. The third-order valence-electron chi connectivity index (χ3n) is 3.07. The number of carbonyl (C=O) groups is 1. The number of rotatable bonds is 4. The molecule has 16 heavy (non-hydrogen) atoms. The van der Waals surface area contributed by atoms with E-state index in [1.54, 1.807) is 18.5 Å². The fourth-order valence-corrected chi connectivity index (χ4v) is 2.15. The summed E-state index contributed by atoms with van der Waals surface area (Å²) in [4.78, 5) is 17.7. The van der Waals surface area contributed by atoms with Gasteiger partial charge < -0.3 is 10.6 Å². The summed E-state index contributed by atoms with van der Waals surface area (Å²) in [7, 11) is 0. The average molecular weight is 219 g/mol. The minimum Gasteiger partial charge on any atom is -0.366 e. The molecule has 1 fully saturated rings. The molecular formula is C12H17N3O. The molecule has 1 saturated heterocycles. The number of nitrogens with zero attached hydrogens (tertiary/aromatic N) is 2. The molecule has 4 nitrogen and oxygen atoms in total. The van der Waals surface area contributed by atoms with Crippen molar-refractivity contribution < 1.29 is 4.79 Å². The first-order chi connectivity index (χ1) is 7.77. The van der Waals surface area contributed by atoms with Crippen LogP contribution < -0.4 is 5.73 Å². The van der Waals surface area contributed by atoms with E-state index in [9.17, 15) is 4.79 Å². The van der Waals surface area contributed by atoms with Crippen LogP contribution in [0.1, 0.15) is 28.8 Å². The second-order valence-corrected chi connectivity index (χ2v) is 4.20. The van der Waals surface area contributed by atoms with E-state index in [4.69, 9.17) is 5.73 Å². The van der Waals surface area contributed by atoms with Crippen LogP contribution in [0, 0.1) is 0 Å². The highest BCUT2D eigenvalue weighted by atomic mass is 16.1. The second kappa shape index (κ2) is 5.07. The molecular weight excluding hydrogens is 202 g/mol. The lowest BCUT2D eigenvalue weighted by Gasteiger charge is -2.14. The molecule has 0 saturated carbocycles. The van der Waals surface area contributed by atoms with Crippen molar-refractivity contribution in [1.29, 1.82) is 0 Å². The van der Waals surface area contributed by atoms with Crippen molar-refractivity contribution in [2.24, 2.45) is 5.73 Å². The molecule has 0 aliphatic carbocycles. The SMILES string of the molecule is NC(=O)c1ccncc1CCN1CCCC1. The van der Waals surface area contributed by atoms with Gasteiger partial charge in [0, 0.05) is 24.5 Å². The Labute approximate surface area is 95.5 Å². The zero-order valence-electron chi connectivity index (χ0n) is 9.35. The largest absolute Gasteiger partial charge is 0.366 e. The van der Waals surface area contributed by atoms with Crippen molar-refractivity contribution in [3.63, 3.8) is 0 Å². The molecule has 2 rings (SSSR count). The van der Waals surface area contributed by atoms with Gasteiger partial charge in [-0.3, -0.25) is 9.78 Å². The van der Waals surface area contributed by atoms with Crippen molar-refractivity contribution in [3.05, 3.63) is 29.6 Å². The molecule has 2 heterocycles. The Hall–Kier alpha value is -1.42. The molecule has 0 aromatic carbocycles. The van der Waals surface area contributed by atoms with Crippen molar-refractivity contribution in [2.75, 3.05) is 19.6 Å². The predicted octanol–water partition coefficient (Wildman–Crippen LogP) is 0.819. The molecule has 0 radical (unpaired) electrons. The monoisotopic (exact) mass is 219 g/mol. The van der Waals surface area contributed by atoms with Crippen LogP contribution in [0.5, 0.6) is 0 Å². The Morgan fingerprint density at radius 1 is 1.44 bits per heavy atom. The van der Waals surface area contributed by atoms with Gasteiger partial charge in [0.2, 0.25) is 5.91 Å². The van der Waals surface area contributed by atoms with E-state index in [2.05, 4.69) is 9.88 Å². The summed E-state index contributed by atoms with van der Waals surface area (Å²) in [6.45, 7) is 3.34. The van der Waals surface area contributed by atoms with Gasteiger partial charge in [-0.1, -0.05) is 0 Å². The van der Waals surface area contributed by atoms with Crippen LogP contribution in [-0.2, 0) is 6.42 Å². The molecule has 1 aromatic heterocycles. The topological polar surface area (TPSA) is 59.2 Å². The smallest absolute Gasteiger partial charge is 0.249 e. The highest BCUT2D eigenvalue weighted by Gasteiger charge is 2.13. The number of carbonyl (C=O) groups excluding carboxylic acids is 1. The number of likely N-dealkylation sites (tertiary alicyclic amines) is 1. The standard InChI is InChI=1S/C12H17N3O/c13-12(16)11-3-5-14-9-10(11)4-8-15-6-1-2-7-15/h3,5,9H,1-2,4,6-8H2,(H2,13,16). The lowest BCUT2D eigenvalue weighted by atomic mass is 10.1. The molecule has 2 N–H and O–H groups in total. The first-order valence-corrected chi connectivity index (χ1v) is 5.72. The Morgan fingerprint density at radius 2 is 2.19 bits per heavy atom. The van der Waals surface area contributed by atoms with Gasteiger partial charge in [-0.15, -0.1) is 0 Å². The quantitative estimate of drug-likeness (QED) is 0.815. The zero-order valence-corrected chi connectivity index (χ0v) is 9.35. The maximum Gasteiger partial charge on any atom is 0.249 e. The Bertz CT molecular complexity index is 372. The van der Waals surface area contributed by atoms with E-state index in [1.807, 2.05) is 0 Å². The van der Waals surface area contributed by atoms with Crippen LogP contribution in [0.3, 0.4) is 0 Å². The summed E-state index contributed by atoms with van der Waals surface area (Å²) < 4.78 is 0. The van der Waals surface area contributed by atoms with Gasteiger partial charge >= 0.3 is 0 Å². The van der Waals surface area contributed by atoms with Crippen LogP contribution >= 0.6 is 0 Å². The third kappa shape index (κ3) is 2.58. The van der Waals surface area contributed by atoms with Crippen molar-refractivity contribution >= 4 is 5.91 Å². The van der Waals surface area contributed by atoms with Gasteiger partial charge in [0.1, 0.15) is 0 Å². The molecule has 86 valence electrons. The molecule has 0 spiro atoms. The Balaban J connectivity index is 2.00. The van der Waals surface area contributed by atoms with E-state index >= 15 is 0 Å². The lowest BCUT2D eigenvalue weighted by molar-refractivity contribution is 0.0999. The first-order valence-electron chi connectivity index (χ1n) is 5.72. The van der Waals surface area contributed by atoms with E-state index < -0.39 is 0 Å². The molecule has 0 atom stereocenters. The van der Waals surface area contributed by atoms with Crippen LogP contribution in [0.25, 0.3) is 0 Å². The summed E-state index contributed by atoms with van der Waals surface area (Å²) in [6, 6.07) is 1.70. The number of pyridine rings is 1. The molecule has 1 aromatic rings. The summed E-state index contributed by atoms with van der Waals surface area (Å²) >= 11 is 0. The van der Waals surface area contributed by atoms with E-state index in [0.29, 0.717) is 5.56 Å². The molecule has 0 unspecified atom stereocenters. The zero-order chi connectivity index (χ0) is 11.4. The van der Waals surface area contributed by atoms with E-state index in [0.717, 1.165) is 18.5 Å². The first kappa shape index (κ1) is 11.1. The summed E-state index contributed by atoms with van der Waals surface area (Å²) in [5.74, 6) is -0.362. The number of primary amides is 1. The predicted molar refractivity (Wildman–Crippen MR) is 62.1 cm³/mol. The molecule has 4 heteroatoms. The van der Waals surface area contributed by atoms with Gasteiger partial charge in [0.25, 0.3) is 0 Å². The molecule has 1 aliphatic rings. The number of amides is 1. The number of nitrogens with two attached hydrogens (primary N) is 1. The fraction of sp³-hybridized carbons (Fsp3) is 0.500. The number of hydrogen-bond donors (Lipinski definition) is 1. The van der Waals surface area contributed by atoms with Gasteiger partial charge in [-0.05, 0) is 44.0 Å². The van der Waals surface area contributed by atoms with Gasteiger partial charge in [0.15, 0.2) is 0 Å². The maximum atomic E-state index is 11.2. The minimum atomic E-state index is -0.362. The fourth-order valence-electron chi connectivity index (χ4n) is 2.15. The van der Waals surface area contributed by atoms with Crippen LogP contribution in [0.15, 0.2) is 18.5 Å². The normalized spacial score (nSPS) is 16.5. The van der Waals surface area contributed by atoms with Gasteiger partial charge in [-0.25, -0.2) is 0 Å². The Morgan fingerprint density at radius 3 is 2.88 bits per heavy atom. The maximum absolute atomic E-state index is 11.2. The van der Waals surface area contributed by atoms with E-state index in [1.165, 1.54) is 25.9 Å². The van der Waals surface area contributed by atoms with Gasteiger partial charge in [-0.2, -0.15) is 0 Å². The highest BCUT2D eigenvalue weighted by Crippen LogP contribution is 2.11. The number of hydrogen-bond acceptors (Lipinski definition) is 3. The molecule has 0 bridgehead atoms. The average Bonchev–Trinajstić information content (AvgIpc) is 2.79. The second-order valence-electron chi connectivity index (χ2n) is 4.20. The summed E-state index contributed by atoms with van der Waals surface area (Å²) in [5, 5.41) is 0.